The summed E-state index contributed by atoms with van der Waals surface area (Å²) in [5, 5.41) is 3.16. The van der Waals surface area contributed by atoms with Crippen LogP contribution in [0.1, 0.15) is 5.56 Å². The molecule has 0 saturated heterocycles. The van der Waals surface area contributed by atoms with E-state index in [9.17, 15) is 0 Å². The van der Waals surface area contributed by atoms with E-state index in [1.165, 1.54) is 16.9 Å². The van der Waals surface area contributed by atoms with Crippen LogP contribution in [0.3, 0.4) is 0 Å². The van der Waals surface area contributed by atoms with Gasteiger partial charge in [-0.3, -0.25) is 0 Å². The number of nitrogens with zero attached hydrogens (tertiary/aromatic N) is 1. The first-order valence-corrected chi connectivity index (χ1v) is 6.69. The summed E-state index contributed by atoms with van der Waals surface area (Å²) < 4.78 is 1.10. The molecule has 0 aliphatic carbocycles. The van der Waals surface area contributed by atoms with E-state index in [4.69, 9.17) is 0 Å². The van der Waals surface area contributed by atoms with Crippen LogP contribution in [0, 0.1) is 6.92 Å². The molecule has 0 aliphatic rings. The van der Waals surface area contributed by atoms with Gasteiger partial charge in [0.2, 0.25) is 0 Å². The number of nitrogens with one attached hydrogen (secondary N) is 1. The predicted molar refractivity (Wildman–Crippen MR) is 82.9 cm³/mol. The van der Waals surface area contributed by atoms with Gasteiger partial charge in [0, 0.05) is 35.6 Å². The highest BCUT2D eigenvalue weighted by Gasteiger charge is 2.07. The average Bonchev–Trinajstić information content (AvgIpc) is 2.41. The Kier molecular flexibility index (Phi) is 3.92. The van der Waals surface area contributed by atoms with Crippen LogP contribution in [-0.4, -0.2) is 14.1 Å². The third-order valence-corrected chi connectivity index (χ3v) is 3.55. The van der Waals surface area contributed by atoms with Crippen LogP contribution < -0.4 is 10.2 Å². The first-order chi connectivity index (χ1) is 8.61. The Morgan fingerprint density at radius 2 is 1.89 bits per heavy atom. The van der Waals surface area contributed by atoms with E-state index in [2.05, 4.69) is 82.6 Å². The van der Waals surface area contributed by atoms with E-state index < -0.39 is 0 Å². The zero-order chi connectivity index (χ0) is 13.1. The molecule has 1 N–H and O–H groups in total. The van der Waals surface area contributed by atoms with Crippen molar-refractivity contribution in [2.24, 2.45) is 0 Å². The van der Waals surface area contributed by atoms with E-state index in [1.54, 1.807) is 0 Å². The molecule has 0 heterocycles. The van der Waals surface area contributed by atoms with E-state index in [1.807, 2.05) is 7.05 Å². The quantitative estimate of drug-likeness (QED) is 0.894. The molecule has 0 aromatic heterocycles. The molecule has 0 atom stereocenters. The standard InChI is InChI=1S/C15H17BrN2/c1-11-7-8-12(16)9-15(11)18(3)14-6-4-5-13(10-14)17-2/h4-10,17H,1-3H3. The number of anilines is 3. The minimum atomic E-state index is 1.10. The zero-order valence-electron chi connectivity index (χ0n) is 10.9. The lowest BCUT2D eigenvalue weighted by molar-refractivity contribution is 1.18. The molecule has 94 valence electrons. The first kappa shape index (κ1) is 13.0. The van der Waals surface area contributed by atoms with Gasteiger partial charge < -0.3 is 10.2 Å². The summed E-state index contributed by atoms with van der Waals surface area (Å²) in [6.45, 7) is 2.13. The minimum Gasteiger partial charge on any atom is -0.388 e. The number of halogens is 1. The Labute approximate surface area is 117 Å². The van der Waals surface area contributed by atoms with Crippen molar-refractivity contribution in [1.82, 2.24) is 0 Å². The predicted octanol–water partition coefficient (Wildman–Crippen LogP) is 4.57. The van der Waals surface area contributed by atoms with Crippen LogP contribution >= 0.6 is 15.9 Å². The van der Waals surface area contributed by atoms with Crippen LogP contribution in [0.4, 0.5) is 17.1 Å². The summed E-state index contributed by atoms with van der Waals surface area (Å²) in [6.07, 6.45) is 0. The Morgan fingerprint density at radius 1 is 1.11 bits per heavy atom. The van der Waals surface area contributed by atoms with Gasteiger partial charge in [-0.05, 0) is 42.8 Å². The fourth-order valence-electron chi connectivity index (χ4n) is 1.95. The summed E-state index contributed by atoms with van der Waals surface area (Å²) in [5.41, 5.74) is 4.75. The van der Waals surface area contributed by atoms with Crippen LogP contribution in [-0.2, 0) is 0 Å². The highest BCUT2D eigenvalue weighted by Crippen LogP contribution is 2.30. The van der Waals surface area contributed by atoms with E-state index in [-0.39, 0.29) is 0 Å². The van der Waals surface area contributed by atoms with Gasteiger partial charge in [-0.15, -0.1) is 0 Å². The number of rotatable bonds is 3. The second-order valence-electron chi connectivity index (χ2n) is 4.29. The third kappa shape index (κ3) is 2.67. The van der Waals surface area contributed by atoms with Gasteiger partial charge in [-0.1, -0.05) is 28.1 Å². The maximum absolute atomic E-state index is 3.53. The molecule has 0 aliphatic heterocycles. The lowest BCUT2D eigenvalue weighted by Gasteiger charge is -2.22. The normalized spacial score (nSPS) is 10.2. The number of hydrogen-bond donors (Lipinski definition) is 1. The highest BCUT2D eigenvalue weighted by atomic mass is 79.9. The molecule has 18 heavy (non-hydrogen) atoms. The third-order valence-electron chi connectivity index (χ3n) is 3.05. The van der Waals surface area contributed by atoms with Gasteiger partial charge in [-0.25, -0.2) is 0 Å². The van der Waals surface area contributed by atoms with Crippen LogP contribution in [0.15, 0.2) is 46.9 Å². The molecule has 3 heteroatoms. The number of benzene rings is 2. The number of hydrogen-bond acceptors (Lipinski definition) is 2. The SMILES string of the molecule is CNc1cccc(N(C)c2cc(Br)ccc2C)c1. The fraction of sp³-hybridized carbons (Fsp3) is 0.200. The monoisotopic (exact) mass is 304 g/mol. The van der Waals surface area contributed by atoms with Crippen molar-refractivity contribution in [3.8, 4) is 0 Å². The molecular formula is C15H17BrN2. The molecule has 0 unspecified atom stereocenters. The molecule has 0 radical (unpaired) electrons. The van der Waals surface area contributed by atoms with Crippen molar-refractivity contribution < 1.29 is 0 Å². The molecule has 0 bridgehead atoms. The van der Waals surface area contributed by atoms with Gasteiger partial charge in [-0.2, -0.15) is 0 Å². The van der Waals surface area contributed by atoms with Crippen LogP contribution in [0.2, 0.25) is 0 Å². The molecule has 2 nitrogen and oxygen atoms in total. The van der Waals surface area contributed by atoms with Gasteiger partial charge in [0.1, 0.15) is 0 Å². The Hall–Kier alpha value is -1.48. The highest BCUT2D eigenvalue weighted by molar-refractivity contribution is 9.10. The lowest BCUT2D eigenvalue weighted by atomic mass is 10.1. The Morgan fingerprint density at radius 3 is 2.61 bits per heavy atom. The van der Waals surface area contributed by atoms with Crippen LogP contribution in [0.5, 0.6) is 0 Å². The largest absolute Gasteiger partial charge is 0.388 e. The van der Waals surface area contributed by atoms with E-state index in [0.717, 1.165) is 10.2 Å². The van der Waals surface area contributed by atoms with E-state index >= 15 is 0 Å². The fourth-order valence-corrected chi connectivity index (χ4v) is 2.30. The van der Waals surface area contributed by atoms with Crippen molar-refractivity contribution >= 4 is 33.0 Å². The van der Waals surface area contributed by atoms with E-state index in [0.29, 0.717) is 0 Å². The lowest BCUT2D eigenvalue weighted by Crippen LogP contribution is -2.11. The summed E-state index contributed by atoms with van der Waals surface area (Å²) in [4.78, 5) is 2.20. The van der Waals surface area contributed by atoms with Crippen molar-refractivity contribution in [2.75, 3.05) is 24.3 Å². The second kappa shape index (κ2) is 5.44. The summed E-state index contributed by atoms with van der Waals surface area (Å²) in [7, 11) is 4.02. The molecule has 2 aromatic carbocycles. The molecule has 0 fully saturated rings. The maximum Gasteiger partial charge on any atom is 0.0449 e. The Balaban J connectivity index is 2.40. The Bertz CT molecular complexity index is 552. The average molecular weight is 305 g/mol. The second-order valence-corrected chi connectivity index (χ2v) is 5.21. The van der Waals surface area contributed by atoms with Crippen molar-refractivity contribution in [3.05, 3.63) is 52.5 Å². The summed E-state index contributed by atoms with van der Waals surface area (Å²) in [5.74, 6) is 0. The maximum atomic E-state index is 3.53. The molecule has 2 rings (SSSR count). The van der Waals surface area contributed by atoms with Crippen molar-refractivity contribution in [2.45, 2.75) is 6.92 Å². The number of aryl methyl sites for hydroxylation is 1. The van der Waals surface area contributed by atoms with Gasteiger partial charge in [0.05, 0.1) is 0 Å². The van der Waals surface area contributed by atoms with Crippen LogP contribution in [0.25, 0.3) is 0 Å². The molecule has 0 amide bonds. The molecular weight excluding hydrogens is 288 g/mol. The van der Waals surface area contributed by atoms with Gasteiger partial charge >= 0.3 is 0 Å². The zero-order valence-corrected chi connectivity index (χ0v) is 12.5. The molecule has 0 spiro atoms. The van der Waals surface area contributed by atoms with Crippen molar-refractivity contribution in [3.63, 3.8) is 0 Å². The molecule has 2 aromatic rings. The van der Waals surface area contributed by atoms with Gasteiger partial charge in [0.15, 0.2) is 0 Å². The van der Waals surface area contributed by atoms with Gasteiger partial charge in [0.25, 0.3) is 0 Å². The topological polar surface area (TPSA) is 15.3 Å². The van der Waals surface area contributed by atoms with Crippen molar-refractivity contribution in [1.29, 1.82) is 0 Å². The first-order valence-electron chi connectivity index (χ1n) is 5.89. The summed E-state index contributed by atoms with van der Waals surface area (Å²) in [6, 6.07) is 14.7. The smallest absolute Gasteiger partial charge is 0.0449 e. The summed E-state index contributed by atoms with van der Waals surface area (Å²) >= 11 is 3.53. The minimum absolute atomic E-state index is 1.10. The molecule has 0 saturated carbocycles.